The number of piperidine rings is 1. The molecule has 0 saturated carbocycles. The summed E-state index contributed by atoms with van der Waals surface area (Å²) in [4.78, 5) is 27.2. The van der Waals surface area contributed by atoms with Crippen LogP contribution in [0.25, 0.3) is 0 Å². The lowest BCUT2D eigenvalue weighted by atomic mass is 9.93. The summed E-state index contributed by atoms with van der Waals surface area (Å²) in [5, 5.41) is 3.26. The number of nitrogens with zero attached hydrogens (tertiary/aromatic N) is 5. The van der Waals surface area contributed by atoms with Crippen LogP contribution in [0, 0.1) is 5.92 Å². The molecule has 1 aliphatic heterocycles. The zero-order valence-electron chi connectivity index (χ0n) is 20.0. The quantitative estimate of drug-likeness (QED) is 0.302. The number of likely N-dealkylation sites (N-methyl/N-ethyl adjacent to an activating group) is 1. The Hall–Kier alpha value is -2.36. The van der Waals surface area contributed by atoms with Crippen LogP contribution in [0.4, 0.5) is 5.69 Å². The Morgan fingerprint density at radius 2 is 1.76 bits per heavy atom. The largest absolute Gasteiger partial charge is 0.371 e. The maximum atomic E-state index is 12.1. The molecule has 1 N–H and O–H groups in total. The highest BCUT2D eigenvalue weighted by atomic mass is 127. The molecule has 0 unspecified atom stereocenters. The van der Waals surface area contributed by atoms with Crippen molar-refractivity contribution in [2.24, 2.45) is 10.9 Å². The van der Waals surface area contributed by atoms with Crippen LogP contribution >= 0.6 is 24.0 Å². The first-order chi connectivity index (χ1) is 15.5. The molecule has 0 bridgehead atoms. The molecule has 0 radical (unpaired) electrons. The molecule has 1 amide bonds. The topological polar surface area (TPSA) is 64.1 Å². The normalized spacial score (nSPS) is 14.4. The van der Waals surface area contributed by atoms with Gasteiger partial charge in [0.2, 0.25) is 5.91 Å². The Balaban J connectivity index is 0.00000385. The van der Waals surface area contributed by atoms with Crippen LogP contribution in [-0.4, -0.2) is 74.0 Å². The van der Waals surface area contributed by atoms with E-state index in [1.54, 1.807) is 19.0 Å². The van der Waals surface area contributed by atoms with Crippen molar-refractivity contribution >= 4 is 41.5 Å². The summed E-state index contributed by atoms with van der Waals surface area (Å²) in [6.07, 6.45) is 7.23. The van der Waals surface area contributed by atoms with Gasteiger partial charge >= 0.3 is 0 Å². The molecular formula is C25H37IN6O. The van der Waals surface area contributed by atoms with E-state index < -0.39 is 0 Å². The lowest BCUT2D eigenvalue weighted by Crippen LogP contribution is -2.44. The number of hydrogen-bond acceptors (Lipinski definition) is 4. The molecule has 33 heavy (non-hydrogen) atoms. The molecule has 2 heterocycles. The second-order valence-electron chi connectivity index (χ2n) is 8.61. The van der Waals surface area contributed by atoms with Crippen molar-refractivity contribution < 1.29 is 4.79 Å². The van der Waals surface area contributed by atoms with Crippen LogP contribution in [0.3, 0.4) is 0 Å². The summed E-state index contributed by atoms with van der Waals surface area (Å²) >= 11 is 0. The Morgan fingerprint density at radius 1 is 1.09 bits per heavy atom. The van der Waals surface area contributed by atoms with E-state index >= 15 is 0 Å². The van der Waals surface area contributed by atoms with Crippen LogP contribution in [0.5, 0.6) is 0 Å². The SMILES string of the molecule is CN(C)C(=O)CNC(=NCc1ccccc1)N(C)CCC1CCN(c2ccncc2)CC1.I. The second kappa shape index (κ2) is 14.0. The Morgan fingerprint density at radius 3 is 2.39 bits per heavy atom. The van der Waals surface area contributed by atoms with Gasteiger partial charge in [0.25, 0.3) is 0 Å². The minimum Gasteiger partial charge on any atom is -0.371 e. The van der Waals surface area contributed by atoms with Gasteiger partial charge < -0.3 is 20.0 Å². The van der Waals surface area contributed by atoms with E-state index in [2.05, 4.69) is 51.4 Å². The number of anilines is 1. The minimum absolute atomic E-state index is 0. The van der Waals surface area contributed by atoms with E-state index in [4.69, 9.17) is 4.99 Å². The van der Waals surface area contributed by atoms with Crippen LogP contribution in [0.2, 0.25) is 0 Å². The summed E-state index contributed by atoms with van der Waals surface area (Å²) in [6.45, 7) is 3.92. The molecule has 1 aliphatic rings. The molecule has 180 valence electrons. The highest BCUT2D eigenvalue weighted by Crippen LogP contribution is 2.24. The molecule has 1 aromatic heterocycles. The highest BCUT2D eigenvalue weighted by molar-refractivity contribution is 14.0. The second-order valence-corrected chi connectivity index (χ2v) is 8.61. The van der Waals surface area contributed by atoms with Gasteiger partial charge in [-0.25, -0.2) is 4.99 Å². The van der Waals surface area contributed by atoms with Crippen LogP contribution in [0.15, 0.2) is 59.9 Å². The average Bonchev–Trinajstić information content (AvgIpc) is 2.84. The fourth-order valence-corrected chi connectivity index (χ4v) is 3.89. The predicted molar refractivity (Wildman–Crippen MR) is 146 cm³/mol. The number of hydrogen-bond donors (Lipinski definition) is 1. The van der Waals surface area contributed by atoms with E-state index in [-0.39, 0.29) is 36.4 Å². The third-order valence-corrected chi connectivity index (χ3v) is 6.03. The molecule has 0 spiro atoms. The van der Waals surface area contributed by atoms with Gasteiger partial charge in [-0.1, -0.05) is 30.3 Å². The molecule has 1 saturated heterocycles. The Labute approximate surface area is 215 Å². The standard InChI is InChI=1S/C25H36N6O.HI/c1-29(2)24(32)20-28-25(27-19-22-7-5-4-6-8-22)30(3)16-11-21-12-17-31(18-13-21)23-9-14-26-15-10-23;/h4-10,14-15,21H,11-13,16-20H2,1-3H3,(H,27,28);1H. The molecular weight excluding hydrogens is 527 g/mol. The summed E-state index contributed by atoms with van der Waals surface area (Å²) in [6, 6.07) is 14.4. The fraction of sp³-hybridized carbons (Fsp3) is 0.480. The predicted octanol–water partition coefficient (Wildman–Crippen LogP) is 3.47. The van der Waals surface area contributed by atoms with Crippen LogP contribution in [0.1, 0.15) is 24.8 Å². The third-order valence-electron chi connectivity index (χ3n) is 6.03. The van der Waals surface area contributed by atoms with Gasteiger partial charge in [0.1, 0.15) is 0 Å². The van der Waals surface area contributed by atoms with Gasteiger partial charge in [0.05, 0.1) is 13.1 Å². The number of nitrogens with one attached hydrogen (secondary N) is 1. The van der Waals surface area contributed by atoms with E-state index in [1.165, 1.54) is 18.5 Å². The molecule has 1 fully saturated rings. The van der Waals surface area contributed by atoms with Crippen molar-refractivity contribution in [3.63, 3.8) is 0 Å². The van der Waals surface area contributed by atoms with Crippen molar-refractivity contribution in [1.82, 2.24) is 20.1 Å². The Kier molecular flexibility index (Phi) is 11.4. The Bertz CT molecular complexity index is 854. The fourth-order valence-electron chi connectivity index (χ4n) is 3.89. The number of guanidine groups is 1. The number of halogens is 1. The summed E-state index contributed by atoms with van der Waals surface area (Å²) in [7, 11) is 5.60. The van der Waals surface area contributed by atoms with Gasteiger partial charge in [-0.2, -0.15) is 0 Å². The number of carbonyl (C=O) groups excluding carboxylic acids is 1. The van der Waals surface area contributed by atoms with Crippen molar-refractivity contribution in [2.75, 3.05) is 52.2 Å². The molecule has 8 heteroatoms. The number of carbonyl (C=O) groups is 1. The first kappa shape index (κ1) is 26.9. The smallest absolute Gasteiger partial charge is 0.241 e. The number of aliphatic imine (C=N–C) groups is 1. The lowest BCUT2D eigenvalue weighted by molar-refractivity contribution is -0.127. The molecule has 0 atom stereocenters. The number of rotatable bonds is 8. The minimum atomic E-state index is 0. The first-order valence-electron chi connectivity index (χ1n) is 11.4. The van der Waals surface area contributed by atoms with Crippen LogP contribution < -0.4 is 10.2 Å². The van der Waals surface area contributed by atoms with E-state index in [0.29, 0.717) is 12.5 Å². The number of aromatic nitrogens is 1. The van der Waals surface area contributed by atoms with Gasteiger partial charge in [-0.05, 0) is 42.9 Å². The van der Waals surface area contributed by atoms with Gasteiger partial charge in [-0.3, -0.25) is 9.78 Å². The van der Waals surface area contributed by atoms with Crippen molar-refractivity contribution in [3.8, 4) is 0 Å². The van der Waals surface area contributed by atoms with Gasteiger partial charge in [0.15, 0.2) is 5.96 Å². The van der Waals surface area contributed by atoms with E-state index in [1.807, 2.05) is 30.6 Å². The maximum Gasteiger partial charge on any atom is 0.241 e. The van der Waals surface area contributed by atoms with Crippen LogP contribution in [-0.2, 0) is 11.3 Å². The zero-order valence-corrected chi connectivity index (χ0v) is 22.3. The molecule has 0 aliphatic carbocycles. The van der Waals surface area contributed by atoms with Gasteiger partial charge in [0, 0.05) is 58.9 Å². The first-order valence-corrected chi connectivity index (χ1v) is 11.4. The van der Waals surface area contributed by atoms with Crippen molar-refractivity contribution in [3.05, 3.63) is 60.4 Å². The number of amides is 1. The maximum absolute atomic E-state index is 12.1. The monoisotopic (exact) mass is 564 g/mol. The lowest BCUT2D eigenvalue weighted by Gasteiger charge is -2.34. The van der Waals surface area contributed by atoms with Crippen molar-refractivity contribution in [2.45, 2.75) is 25.8 Å². The van der Waals surface area contributed by atoms with E-state index in [9.17, 15) is 4.79 Å². The molecule has 3 rings (SSSR count). The van der Waals surface area contributed by atoms with E-state index in [0.717, 1.165) is 37.6 Å². The number of pyridine rings is 1. The zero-order chi connectivity index (χ0) is 22.8. The molecule has 7 nitrogen and oxygen atoms in total. The average molecular weight is 565 g/mol. The summed E-state index contributed by atoms with van der Waals surface area (Å²) < 4.78 is 0. The van der Waals surface area contributed by atoms with Crippen molar-refractivity contribution in [1.29, 1.82) is 0 Å². The summed E-state index contributed by atoms with van der Waals surface area (Å²) in [5.74, 6) is 1.52. The van der Waals surface area contributed by atoms with Gasteiger partial charge in [-0.15, -0.1) is 24.0 Å². The molecule has 2 aromatic rings. The third kappa shape index (κ3) is 8.83. The molecule has 1 aromatic carbocycles. The highest BCUT2D eigenvalue weighted by Gasteiger charge is 2.20. The number of benzene rings is 1. The summed E-state index contributed by atoms with van der Waals surface area (Å²) in [5.41, 5.74) is 2.42.